The standard InChI is InChI=1S/C42H57F3N4O8S/c1-22(2)32(36(52)42(43,44)45)46-38(54)34-25-11-15-27(16-12-25)49(34)39(55)33(23(3)4)47-37(53)26-13-17-28(18-14-26)58(56,57)48-31(50)21-24-19-29(40(5,6)7)35(51)30(20-24)41(8,9)10/h13-14,17-20,22-23,25,27,32-34,51H,11-12,15-16,21H2,1-10H3,(H,46,54)(H,47,53)(H,48,50)/t25?,27?,32-,33-,34-/m0/s1. The Morgan fingerprint density at radius 2 is 1.29 bits per heavy atom. The summed E-state index contributed by atoms with van der Waals surface area (Å²) in [6.45, 7) is 17.7. The van der Waals surface area contributed by atoms with Crippen molar-refractivity contribution in [2.24, 2.45) is 17.8 Å². The molecule has 2 bridgehead atoms. The van der Waals surface area contributed by atoms with Crippen LogP contribution >= 0.6 is 0 Å². The minimum absolute atomic E-state index is 0.00265. The lowest BCUT2D eigenvalue weighted by atomic mass is 9.73. The average molecular weight is 835 g/mol. The molecule has 320 valence electrons. The Labute approximate surface area is 339 Å². The molecule has 2 aromatic carbocycles. The van der Waals surface area contributed by atoms with Crippen LogP contribution in [0.1, 0.15) is 122 Å². The highest BCUT2D eigenvalue weighted by molar-refractivity contribution is 7.90. The van der Waals surface area contributed by atoms with Crippen LogP contribution in [0, 0.1) is 17.8 Å². The van der Waals surface area contributed by atoms with Crippen molar-refractivity contribution < 1.29 is 50.7 Å². The number of carbonyl (C=O) groups is 5. The first-order valence-electron chi connectivity index (χ1n) is 19.6. The Balaban J connectivity index is 1.50. The van der Waals surface area contributed by atoms with Gasteiger partial charge in [-0.3, -0.25) is 24.0 Å². The lowest BCUT2D eigenvalue weighted by Crippen LogP contribution is -2.67. The number of fused-ring (bicyclic) bond motifs is 3. The number of hydrogen-bond acceptors (Lipinski definition) is 8. The monoisotopic (exact) mass is 834 g/mol. The Hall–Kier alpha value is -4.47. The molecule has 0 unspecified atom stereocenters. The van der Waals surface area contributed by atoms with Gasteiger partial charge in [0.15, 0.2) is 0 Å². The molecule has 58 heavy (non-hydrogen) atoms. The zero-order chi connectivity index (χ0) is 43.9. The molecule has 4 N–H and O–H groups in total. The van der Waals surface area contributed by atoms with Gasteiger partial charge in [0.2, 0.25) is 17.7 Å². The van der Waals surface area contributed by atoms with Gasteiger partial charge in [0.25, 0.3) is 21.7 Å². The number of nitrogens with zero attached hydrogens (tertiary/aromatic N) is 1. The van der Waals surface area contributed by atoms with Crippen LogP contribution in [0.5, 0.6) is 5.75 Å². The van der Waals surface area contributed by atoms with E-state index in [0.29, 0.717) is 42.4 Å². The number of phenols is 1. The highest BCUT2D eigenvalue weighted by atomic mass is 32.2. The molecular weight excluding hydrogens is 778 g/mol. The molecule has 3 aliphatic rings. The Morgan fingerprint density at radius 3 is 1.74 bits per heavy atom. The number of amides is 4. The average Bonchev–Trinajstić information content (AvgIpc) is 3.11. The topological polar surface area (TPSA) is 179 Å². The third kappa shape index (κ3) is 10.4. The van der Waals surface area contributed by atoms with E-state index in [1.807, 2.05) is 41.5 Å². The zero-order valence-electron chi connectivity index (χ0n) is 34.8. The number of benzene rings is 2. The van der Waals surface area contributed by atoms with E-state index >= 15 is 0 Å². The first-order chi connectivity index (χ1) is 26.5. The predicted octanol–water partition coefficient (Wildman–Crippen LogP) is 5.83. The summed E-state index contributed by atoms with van der Waals surface area (Å²) in [6, 6.07) is 3.56. The molecule has 12 nitrogen and oxygen atoms in total. The van der Waals surface area contributed by atoms with Crippen molar-refractivity contribution in [3.05, 3.63) is 58.7 Å². The van der Waals surface area contributed by atoms with Crippen LogP contribution in [-0.2, 0) is 46.5 Å². The normalized spacial score (nSPS) is 19.8. The van der Waals surface area contributed by atoms with E-state index in [1.54, 1.807) is 26.0 Å². The van der Waals surface area contributed by atoms with Crippen LogP contribution in [0.3, 0.4) is 0 Å². The van der Waals surface area contributed by atoms with Crippen molar-refractivity contribution in [1.29, 1.82) is 0 Å². The van der Waals surface area contributed by atoms with E-state index in [4.69, 9.17) is 0 Å². The smallest absolute Gasteiger partial charge is 0.452 e. The van der Waals surface area contributed by atoms with Crippen molar-refractivity contribution in [3.63, 3.8) is 0 Å². The lowest BCUT2D eigenvalue weighted by molar-refractivity contribution is -0.175. The van der Waals surface area contributed by atoms with Gasteiger partial charge in [0, 0.05) is 11.6 Å². The van der Waals surface area contributed by atoms with Gasteiger partial charge in [-0.25, -0.2) is 13.1 Å². The van der Waals surface area contributed by atoms with Crippen molar-refractivity contribution >= 4 is 39.4 Å². The second-order valence-electron chi connectivity index (χ2n) is 18.3. The maximum absolute atomic E-state index is 14.2. The van der Waals surface area contributed by atoms with Crippen LogP contribution in [-0.4, -0.2) is 78.2 Å². The maximum Gasteiger partial charge on any atom is 0.452 e. The molecule has 0 radical (unpaired) electrons. The van der Waals surface area contributed by atoms with E-state index in [2.05, 4.69) is 15.4 Å². The number of ketones is 1. The lowest BCUT2D eigenvalue weighted by Gasteiger charge is -2.51. The fourth-order valence-corrected chi connectivity index (χ4v) is 8.80. The summed E-state index contributed by atoms with van der Waals surface area (Å²) >= 11 is 0. The number of aromatic hydroxyl groups is 1. The fourth-order valence-electron chi connectivity index (χ4n) is 7.81. The van der Waals surface area contributed by atoms with E-state index in [0.717, 1.165) is 12.1 Å². The van der Waals surface area contributed by atoms with Gasteiger partial charge in [-0.2, -0.15) is 13.2 Å². The van der Waals surface area contributed by atoms with E-state index in [-0.39, 0.29) is 28.5 Å². The SMILES string of the molecule is CC(C)[C@H](NC(=O)c1ccc(S(=O)(=O)NC(=O)Cc2cc(C(C)(C)C)c(O)c(C(C)(C)C)c2)cc1)C(=O)N1C2CCC(CC2)[C@H]1C(=O)N[C@H](C(=O)C(F)(F)F)C(C)C. The minimum atomic E-state index is -5.17. The van der Waals surface area contributed by atoms with Crippen molar-refractivity contribution in [3.8, 4) is 5.75 Å². The molecule has 2 heterocycles. The van der Waals surface area contributed by atoms with Crippen molar-refractivity contribution in [2.75, 3.05) is 0 Å². The summed E-state index contributed by atoms with van der Waals surface area (Å²) in [7, 11) is -4.38. The second kappa shape index (κ2) is 17.0. The molecule has 1 aliphatic carbocycles. The van der Waals surface area contributed by atoms with E-state index in [1.165, 1.54) is 30.9 Å². The van der Waals surface area contributed by atoms with E-state index < -0.39 is 92.4 Å². The van der Waals surface area contributed by atoms with Crippen LogP contribution in [0.15, 0.2) is 41.3 Å². The Morgan fingerprint density at radius 1 is 0.793 bits per heavy atom. The van der Waals surface area contributed by atoms with Gasteiger partial charge in [-0.05, 0) is 95.2 Å². The molecular formula is C42H57F3N4O8S. The Bertz CT molecular complexity index is 1980. The molecule has 3 fully saturated rings. The van der Waals surface area contributed by atoms with Gasteiger partial charge in [-0.15, -0.1) is 0 Å². The first-order valence-corrected chi connectivity index (χ1v) is 21.1. The number of piperidine rings is 2. The zero-order valence-corrected chi connectivity index (χ0v) is 35.7. The van der Waals surface area contributed by atoms with Crippen molar-refractivity contribution in [2.45, 2.75) is 147 Å². The number of carbonyl (C=O) groups excluding carboxylic acids is 5. The van der Waals surface area contributed by atoms with Crippen molar-refractivity contribution in [1.82, 2.24) is 20.3 Å². The quantitative estimate of drug-likeness (QED) is 0.206. The molecule has 2 aromatic rings. The number of rotatable bonds is 12. The molecule has 1 saturated carbocycles. The molecule has 16 heteroatoms. The number of sulfonamides is 1. The van der Waals surface area contributed by atoms with Crippen LogP contribution in [0.4, 0.5) is 13.2 Å². The number of phenolic OH excluding ortho intramolecular Hbond substituents is 1. The van der Waals surface area contributed by atoms with Crippen LogP contribution in [0.25, 0.3) is 0 Å². The molecule has 2 saturated heterocycles. The van der Waals surface area contributed by atoms with Crippen LogP contribution in [0.2, 0.25) is 0 Å². The highest BCUT2D eigenvalue weighted by Crippen LogP contribution is 2.42. The summed E-state index contributed by atoms with van der Waals surface area (Å²) in [5, 5.41) is 16.0. The Kier molecular flexibility index (Phi) is 13.6. The maximum atomic E-state index is 14.2. The third-order valence-corrected chi connectivity index (χ3v) is 12.4. The number of hydrogen-bond donors (Lipinski definition) is 4. The summed E-state index contributed by atoms with van der Waals surface area (Å²) in [5.74, 6) is -6.69. The third-order valence-electron chi connectivity index (χ3n) is 11.0. The molecule has 3 atom stereocenters. The summed E-state index contributed by atoms with van der Waals surface area (Å²) in [6.07, 6.45) is -3.21. The highest BCUT2D eigenvalue weighted by Gasteiger charge is 2.51. The van der Waals surface area contributed by atoms with Gasteiger partial charge in [-0.1, -0.05) is 81.4 Å². The predicted molar refractivity (Wildman–Crippen MR) is 211 cm³/mol. The van der Waals surface area contributed by atoms with E-state index in [9.17, 15) is 50.7 Å². The number of Topliss-reactive ketones (excluding diaryl/α,β-unsaturated/α-hetero) is 1. The van der Waals surface area contributed by atoms with Gasteiger partial charge in [0.05, 0.1) is 17.4 Å². The molecule has 2 aliphatic heterocycles. The number of halogens is 3. The van der Waals surface area contributed by atoms with Gasteiger partial charge in [0.1, 0.15) is 17.8 Å². The summed E-state index contributed by atoms with van der Waals surface area (Å²) in [4.78, 5) is 67.8. The van der Waals surface area contributed by atoms with Gasteiger partial charge >= 0.3 is 6.18 Å². The molecule has 0 aromatic heterocycles. The largest absolute Gasteiger partial charge is 0.507 e. The minimum Gasteiger partial charge on any atom is -0.507 e. The summed E-state index contributed by atoms with van der Waals surface area (Å²) < 4.78 is 68.8. The summed E-state index contributed by atoms with van der Waals surface area (Å²) in [5.41, 5.74) is 0.819. The number of alkyl halides is 3. The van der Waals surface area contributed by atoms with Crippen LogP contribution < -0.4 is 15.4 Å². The van der Waals surface area contributed by atoms with Gasteiger partial charge < -0.3 is 20.6 Å². The second-order valence-corrected chi connectivity index (χ2v) is 20.0. The first kappa shape index (κ1) is 46.2. The molecule has 0 spiro atoms. The number of nitrogens with one attached hydrogen (secondary N) is 3. The fraction of sp³-hybridized carbons (Fsp3) is 0.595. The molecule has 5 rings (SSSR count). The molecule has 4 amide bonds.